The van der Waals surface area contributed by atoms with Crippen LogP contribution in [0.5, 0.6) is 0 Å². The van der Waals surface area contributed by atoms with E-state index in [1.54, 1.807) is 12.1 Å². The SMILES string of the molecule is CC(/C=C/c1nnn(-c2ccc(Cl)cc2)n1)=C\N1CCOCC1. The Bertz CT molecular complexity index is 702. The summed E-state index contributed by atoms with van der Waals surface area (Å²) in [4.78, 5) is 3.73. The number of benzene rings is 1. The molecular formula is C16H18ClN5O. The maximum atomic E-state index is 5.87. The van der Waals surface area contributed by atoms with Crippen molar-refractivity contribution in [1.29, 1.82) is 0 Å². The van der Waals surface area contributed by atoms with E-state index < -0.39 is 0 Å². The van der Waals surface area contributed by atoms with E-state index >= 15 is 0 Å². The monoisotopic (exact) mass is 331 g/mol. The van der Waals surface area contributed by atoms with E-state index in [2.05, 4.69) is 33.4 Å². The number of allylic oxidation sites excluding steroid dienone is 2. The van der Waals surface area contributed by atoms with Crippen LogP contribution in [0.3, 0.4) is 0 Å². The molecule has 0 amide bonds. The van der Waals surface area contributed by atoms with E-state index in [9.17, 15) is 0 Å². The van der Waals surface area contributed by atoms with Crippen molar-refractivity contribution in [3.8, 4) is 5.69 Å². The molecule has 1 aliphatic heterocycles. The van der Waals surface area contributed by atoms with E-state index in [1.165, 1.54) is 4.80 Å². The average molecular weight is 332 g/mol. The number of hydrogen-bond donors (Lipinski definition) is 0. The normalized spacial score (nSPS) is 16.3. The minimum atomic E-state index is 0.565. The molecule has 0 saturated carbocycles. The van der Waals surface area contributed by atoms with E-state index in [0.717, 1.165) is 37.6 Å². The Hall–Kier alpha value is -2.18. The second-order valence-electron chi connectivity index (χ2n) is 5.27. The van der Waals surface area contributed by atoms with Gasteiger partial charge in [0.05, 0.1) is 18.9 Å². The van der Waals surface area contributed by atoms with Crippen LogP contribution in [0.1, 0.15) is 12.7 Å². The fourth-order valence-corrected chi connectivity index (χ4v) is 2.35. The Morgan fingerprint density at radius 3 is 2.70 bits per heavy atom. The fraction of sp³-hybridized carbons (Fsp3) is 0.312. The second kappa shape index (κ2) is 7.39. The van der Waals surface area contributed by atoms with Crippen molar-refractivity contribution >= 4 is 17.7 Å². The zero-order valence-electron chi connectivity index (χ0n) is 12.9. The van der Waals surface area contributed by atoms with Crippen molar-refractivity contribution in [2.75, 3.05) is 26.3 Å². The molecule has 0 aliphatic carbocycles. The first kappa shape index (κ1) is 15.7. The van der Waals surface area contributed by atoms with Gasteiger partial charge < -0.3 is 9.64 Å². The third-order valence-corrected chi connectivity index (χ3v) is 3.67. The first-order chi connectivity index (χ1) is 11.2. The van der Waals surface area contributed by atoms with Crippen LogP contribution in [0.4, 0.5) is 0 Å². The van der Waals surface area contributed by atoms with Crippen LogP contribution in [0, 0.1) is 0 Å². The highest BCUT2D eigenvalue weighted by molar-refractivity contribution is 6.30. The Morgan fingerprint density at radius 2 is 1.96 bits per heavy atom. The third-order valence-electron chi connectivity index (χ3n) is 3.41. The molecule has 23 heavy (non-hydrogen) atoms. The van der Waals surface area contributed by atoms with Crippen LogP contribution in [0.15, 0.2) is 42.1 Å². The van der Waals surface area contributed by atoms with Gasteiger partial charge in [0.15, 0.2) is 5.82 Å². The third kappa shape index (κ3) is 4.40. The summed E-state index contributed by atoms with van der Waals surface area (Å²) in [6, 6.07) is 7.29. The summed E-state index contributed by atoms with van der Waals surface area (Å²) in [7, 11) is 0. The van der Waals surface area contributed by atoms with Gasteiger partial charge in [0.1, 0.15) is 0 Å². The minimum Gasteiger partial charge on any atom is -0.378 e. The molecule has 1 aromatic carbocycles. The molecule has 0 bridgehead atoms. The smallest absolute Gasteiger partial charge is 0.198 e. The summed E-state index contributed by atoms with van der Waals surface area (Å²) in [5, 5.41) is 13.1. The highest BCUT2D eigenvalue weighted by atomic mass is 35.5. The standard InChI is InChI=1S/C16H18ClN5O/c1-13(12-21-8-10-23-11-9-21)2-7-16-18-20-22(19-16)15-5-3-14(17)4-6-15/h2-7,12H,8-11H2,1H3/b7-2+,13-12+. The van der Waals surface area contributed by atoms with E-state index in [4.69, 9.17) is 16.3 Å². The van der Waals surface area contributed by atoms with E-state index in [0.29, 0.717) is 10.8 Å². The van der Waals surface area contributed by atoms with E-state index in [1.807, 2.05) is 24.3 Å². The Kier molecular flexibility index (Phi) is 5.05. The molecule has 1 aliphatic rings. The maximum absolute atomic E-state index is 5.87. The molecule has 6 nitrogen and oxygen atoms in total. The van der Waals surface area contributed by atoms with Crippen LogP contribution in [0.25, 0.3) is 11.8 Å². The van der Waals surface area contributed by atoms with E-state index in [-0.39, 0.29) is 0 Å². The molecule has 1 aromatic heterocycles. The first-order valence-electron chi connectivity index (χ1n) is 7.45. The van der Waals surface area contributed by atoms with Crippen molar-refractivity contribution in [1.82, 2.24) is 25.1 Å². The van der Waals surface area contributed by atoms with Gasteiger partial charge in [0, 0.05) is 24.3 Å². The van der Waals surface area contributed by atoms with Gasteiger partial charge in [-0.2, -0.15) is 0 Å². The number of morpholine rings is 1. The fourth-order valence-electron chi connectivity index (χ4n) is 2.22. The van der Waals surface area contributed by atoms with Gasteiger partial charge in [-0.25, -0.2) is 0 Å². The number of halogens is 1. The molecule has 2 aromatic rings. The number of tetrazole rings is 1. The maximum Gasteiger partial charge on any atom is 0.198 e. The zero-order chi connectivity index (χ0) is 16.1. The minimum absolute atomic E-state index is 0.565. The molecule has 3 rings (SSSR count). The Morgan fingerprint density at radius 1 is 1.22 bits per heavy atom. The van der Waals surface area contributed by atoms with Crippen LogP contribution in [0.2, 0.25) is 5.02 Å². The molecular weight excluding hydrogens is 314 g/mol. The summed E-state index contributed by atoms with van der Waals surface area (Å²) >= 11 is 5.87. The van der Waals surface area contributed by atoms with Gasteiger partial charge in [0.2, 0.25) is 0 Å². The van der Waals surface area contributed by atoms with Gasteiger partial charge in [-0.3, -0.25) is 0 Å². The molecule has 1 saturated heterocycles. The van der Waals surface area contributed by atoms with Crippen LogP contribution in [-0.2, 0) is 4.74 Å². The predicted octanol–water partition coefficient (Wildman–Crippen LogP) is 2.56. The van der Waals surface area contributed by atoms with Crippen molar-refractivity contribution in [3.05, 3.63) is 53.0 Å². The summed E-state index contributed by atoms with van der Waals surface area (Å²) in [6.07, 6.45) is 5.97. The van der Waals surface area contributed by atoms with Crippen molar-refractivity contribution in [2.24, 2.45) is 0 Å². The van der Waals surface area contributed by atoms with Crippen molar-refractivity contribution in [3.63, 3.8) is 0 Å². The summed E-state index contributed by atoms with van der Waals surface area (Å²) in [6.45, 7) is 5.47. The molecule has 0 unspecified atom stereocenters. The van der Waals surface area contributed by atoms with Crippen molar-refractivity contribution < 1.29 is 4.74 Å². The lowest BCUT2D eigenvalue weighted by Gasteiger charge is -2.25. The van der Waals surface area contributed by atoms with Gasteiger partial charge in [-0.15, -0.1) is 15.0 Å². The highest BCUT2D eigenvalue weighted by Crippen LogP contribution is 2.12. The first-order valence-corrected chi connectivity index (χ1v) is 7.83. The summed E-state index contributed by atoms with van der Waals surface area (Å²) in [5.74, 6) is 0.565. The molecule has 1 fully saturated rings. The van der Waals surface area contributed by atoms with Crippen molar-refractivity contribution in [2.45, 2.75) is 6.92 Å². The topological polar surface area (TPSA) is 56.1 Å². The number of ether oxygens (including phenoxy) is 1. The zero-order valence-corrected chi connectivity index (χ0v) is 13.6. The van der Waals surface area contributed by atoms with Crippen LogP contribution < -0.4 is 0 Å². The van der Waals surface area contributed by atoms with Crippen LogP contribution in [-0.4, -0.2) is 51.4 Å². The highest BCUT2D eigenvalue weighted by Gasteiger charge is 2.06. The Balaban J connectivity index is 1.66. The average Bonchev–Trinajstić information content (AvgIpc) is 3.04. The number of rotatable bonds is 4. The molecule has 120 valence electrons. The Labute approximate surface area is 140 Å². The van der Waals surface area contributed by atoms with Gasteiger partial charge >= 0.3 is 0 Å². The largest absolute Gasteiger partial charge is 0.378 e. The lowest BCUT2D eigenvalue weighted by Crippen LogP contribution is -2.32. The second-order valence-corrected chi connectivity index (χ2v) is 5.70. The summed E-state index contributed by atoms with van der Waals surface area (Å²) in [5.41, 5.74) is 1.96. The lowest BCUT2D eigenvalue weighted by atomic mass is 10.3. The number of hydrogen-bond acceptors (Lipinski definition) is 5. The van der Waals surface area contributed by atoms with Gasteiger partial charge in [-0.05, 0) is 48.1 Å². The lowest BCUT2D eigenvalue weighted by molar-refractivity contribution is 0.0591. The number of aromatic nitrogens is 4. The molecule has 0 radical (unpaired) electrons. The quantitative estimate of drug-likeness (QED) is 0.806. The molecule has 0 spiro atoms. The predicted molar refractivity (Wildman–Crippen MR) is 89.3 cm³/mol. The number of nitrogens with zero attached hydrogens (tertiary/aromatic N) is 5. The molecule has 7 heteroatoms. The molecule has 2 heterocycles. The summed E-state index contributed by atoms with van der Waals surface area (Å²) < 4.78 is 5.33. The van der Waals surface area contributed by atoms with Crippen LogP contribution >= 0.6 is 11.6 Å². The molecule has 0 N–H and O–H groups in total. The van der Waals surface area contributed by atoms with Gasteiger partial charge in [0.25, 0.3) is 0 Å². The molecule has 0 atom stereocenters. The van der Waals surface area contributed by atoms with Gasteiger partial charge in [-0.1, -0.05) is 17.7 Å².